The second-order valence-corrected chi connectivity index (χ2v) is 12.0. The number of rotatable bonds is 6. The average molecular weight is 552 g/mol. The van der Waals surface area contributed by atoms with Gasteiger partial charge in [-0.05, 0) is 49.5 Å². The lowest BCUT2D eigenvalue weighted by molar-refractivity contribution is -0.384. The Morgan fingerprint density at radius 3 is 2.60 bits per heavy atom. The number of esters is 2. The summed E-state index contributed by atoms with van der Waals surface area (Å²) in [4.78, 5) is 63.7. The first-order chi connectivity index (χ1) is 18.9. The minimum Gasteiger partial charge on any atom is -0.469 e. The van der Waals surface area contributed by atoms with Crippen LogP contribution < -0.4 is 0 Å². The lowest BCUT2D eigenvalue weighted by Crippen LogP contribution is -2.63. The van der Waals surface area contributed by atoms with Crippen LogP contribution in [0.2, 0.25) is 0 Å². The van der Waals surface area contributed by atoms with Crippen molar-refractivity contribution >= 4 is 29.2 Å². The fourth-order valence-electron chi connectivity index (χ4n) is 7.91. The molecule has 1 aromatic heterocycles. The largest absolute Gasteiger partial charge is 0.469 e. The predicted molar refractivity (Wildman–Crippen MR) is 141 cm³/mol. The molecule has 3 aliphatic rings. The van der Waals surface area contributed by atoms with Crippen molar-refractivity contribution in [2.45, 2.75) is 59.0 Å². The number of furan rings is 1. The predicted octanol–water partition coefficient (Wildman–Crippen LogP) is 5.24. The van der Waals surface area contributed by atoms with Crippen LogP contribution in [0.4, 0.5) is 5.69 Å². The van der Waals surface area contributed by atoms with Gasteiger partial charge in [-0.3, -0.25) is 24.5 Å². The van der Waals surface area contributed by atoms with Crippen molar-refractivity contribution in [1.29, 1.82) is 0 Å². The number of carbonyl (C=O) groups excluding carboxylic acids is 4. The summed E-state index contributed by atoms with van der Waals surface area (Å²) in [5.41, 5.74) is -0.720. The van der Waals surface area contributed by atoms with Crippen molar-refractivity contribution in [3.05, 3.63) is 52.3 Å². The van der Waals surface area contributed by atoms with Crippen LogP contribution in [0, 0.1) is 44.6 Å². The molecule has 10 heteroatoms. The summed E-state index contributed by atoms with van der Waals surface area (Å²) in [6.07, 6.45) is 2.16. The highest BCUT2D eigenvalue weighted by atomic mass is 16.6. The number of ketones is 2. The first-order valence-corrected chi connectivity index (χ1v) is 13.5. The number of ether oxygens (including phenoxy) is 2. The maximum atomic E-state index is 14.2. The molecule has 0 spiro atoms. The van der Waals surface area contributed by atoms with E-state index in [4.69, 9.17) is 13.9 Å². The Morgan fingerprint density at radius 1 is 1.18 bits per heavy atom. The first kappa shape index (κ1) is 27.7. The fraction of sp³-hybridized carbons (Fsp3) is 0.533. The second kappa shape index (κ2) is 9.98. The van der Waals surface area contributed by atoms with Gasteiger partial charge in [0.15, 0.2) is 0 Å². The van der Waals surface area contributed by atoms with Gasteiger partial charge < -0.3 is 18.7 Å². The van der Waals surface area contributed by atoms with E-state index < -0.39 is 57.5 Å². The molecule has 10 nitrogen and oxygen atoms in total. The van der Waals surface area contributed by atoms with Crippen LogP contribution in [0.1, 0.15) is 64.5 Å². The van der Waals surface area contributed by atoms with Crippen molar-refractivity contribution in [3.8, 4) is 11.3 Å². The number of benzene rings is 1. The van der Waals surface area contributed by atoms with Gasteiger partial charge in [0.1, 0.15) is 23.4 Å². The van der Waals surface area contributed by atoms with Crippen molar-refractivity contribution in [2.24, 2.45) is 34.5 Å². The highest BCUT2D eigenvalue weighted by Gasteiger charge is 2.67. The number of nitrogens with zero attached hydrogens (tertiary/aromatic N) is 1. The molecule has 0 amide bonds. The fourth-order valence-corrected chi connectivity index (χ4v) is 7.91. The number of nitro groups is 1. The number of Topliss-reactive ketones (excluding diaryl/α,β-unsaturated/α-hetero) is 2. The summed E-state index contributed by atoms with van der Waals surface area (Å²) in [6.45, 7) is 5.29. The van der Waals surface area contributed by atoms with Crippen LogP contribution in [0.5, 0.6) is 0 Å². The van der Waals surface area contributed by atoms with Gasteiger partial charge in [0, 0.05) is 41.5 Å². The molecule has 0 bridgehead atoms. The molecular weight excluding hydrogens is 518 g/mol. The molecule has 0 radical (unpaired) electrons. The summed E-state index contributed by atoms with van der Waals surface area (Å²) in [5, 5.41) is 11.4. The van der Waals surface area contributed by atoms with E-state index in [1.54, 1.807) is 18.2 Å². The first-order valence-electron chi connectivity index (χ1n) is 13.5. The van der Waals surface area contributed by atoms with Crippen molar-refractivity contribution in [1.82, 2.24) is 0 Å². The molecule has 1 aliphatic heterocycles. The van der Waals surface area contributed by atoms with E-state index in [1.807, 2.05) is 13.8 Å². The molecule has 0 N–H and O–H groups in total. The number of fused-ring (bicyclic) bond motifs is 3. The van der Waals surface area contributed by atoms with E-state index in [0.717, 1.165) is 0 Å². The Labute approximate surface area is 231 Å². The Kier molecular flexibility index (Phi) is 6.92. The Bertz CT molecular complexity index is 1390. The van der Waals surface area contributed by atoms with Gasteiger partial charge in [0.2, 0.25) is 0 Å². The second-order valence-electron chi connectivity index (χ2n) is 12.0. The molecule has 0 unspecified atom stereocenters. The molecule has 1 saturated heterocycles. The van der Waals surface area contributed by atoms with E-state index >= 15 is 0 Å². The third-order valence-corrected chi connectivity index (χ3v) is 9.64. The highest BCUT2D eigenvalue weighted by molar-refractivity contribution is 5.93. The quantitative estimate of drug-likeness (QED) is 0.267. The maximum absolute atomic E-state index is 14.2. The minimum atomic E-state index is -0.872. The summed E-state index contributed by atoms with van der Waals surface area (Å²) in [7, 11) is 1.33. The zero-order valence-corrected chi connectivity index (χ0v) is 23.0. The molecule has 2 aliphatic carbocycles. The number of methoxy groups -OCH3 is 1. The number of non-ortho nitro benzene ring substituents is 1. The summed E-state index contributed by atoms with van der Waals surface area (Å²) < 4.78 is 16.9. The van der Waals surface area contributed by atoms with Crippen LogP contribution in [0.15, 0.2) is 41.0 Å². The number of hydrogen-bond acceptors (Lipinski definition) is 9. The monoisotopic (exact) mass is 551 g/mol. The summed E-state index contributed by atoms with van der Waals surface area (Å²) >= 11 is 0. The summed E-state index contributed by atoms with van der Waals surface area (Å²) in [5.74, 6) is -3.18. The molecule has 5 rings (SSSR count). The van der Waals surface area contributed by atoms with E-state index in [0.29, 0.717) is 29.7 Å². The highest BCUT2D eigenvalue weighted by Crippen LogP contribution is 2.66. The third kappa shape index (κ3) is 4.33. The molecular formula is C30H33NO9. The van der Waals surface area contributed by atoms with Gasteiger partial charge in [-0.2, -0.15) is 0 Å². The van der Waals surface area contributed by atoms with Crippen LogP contribution in [0.25, 0.3) is 11.3 Å². The van der Waals surface area contributed by atoms with E-state index in [2.05, 4.69) is 0 Å². The lowest BCUT2D eigenvalue weighted by atomic mass is 9.42. The van der Waals surface area contributed by atoms with Crippen LogP contribution in [0.3, 0.4) is 0 Å². The Morgan fingerprint density at radius 2 is 1.93 bits per heavy atom. The minimum absolute atomic E-state index is 0.0339. The van der Waals surface area contributed by atoms with Crippen LogP contribution in [-0.4, -0.2) is 35.5 Å². The zero-order valence-electron chi connectivity index (χ0n) is 23.0. The van der Waals surface area contributed by atoms with Crippen molar-refractivity contribution in [2.75, 3.05) is 7.11 Å². The van der Waals surface area contributed by atoms with Crippen LogP contribution >= 0.6 is 0 Å². The topological polar surface area (TPSA) is 143 Å². The number of nitro benzene ring substituents is 1. The molecule has 2 aromatic rings. The Balaban J connectivity index is 1.57. The standard InChI is InChI=1S/C30H33NO9/c1-16(32)12-18-14-22(27(34)38-4)29(2)10-8-21-28(35)40-23(15-30(21,3)26(29)24(18)33)20-9-11-39-25(20)17-6-5-7-19(13-17)31(36)37/h5-7,9,11,13,18,21-23,26H,8,10,12,14-15H2,1-4H3/t18-,21-,22-,23-,26-,29-,30-/m0/s1. The molecule has 212 valence electrons. The molecule has 1 aromatic carbocycles. The molecule has 2 saturated carbocycles. The van der Waals surface area contributed by atoms with E-state index in [1.165, 1.54) is 32.4 Å². The molecule has 2 heterocycles. The summed E-state index contributed by atoms with van der Waals surface area (Å²) in [6, 6.07) is 7.69. The van der Waals surface area contributed by atoms with Gasteiger partial charge >= 0.3 is 11.9 Å². The van der Waals surface area contributed by atoms with Gasteiger partial charge in [-0.1, -0.05) is 26.0 Å². The maximum Gasteiger partial charge on any atom is 0.310 e. The van der Waals surface area contributed by atoms with Gasteiger partial charge in [-0.25, -0.2) is 0 Å². The number of cyclic esters (lactones) is 1. The van der Waals surface area contributed by atoms with Crippen LogP contribution in [-0.2, 0) is 28.7 Å². The van der Waals surface area contributed by atoms with Crippen molar-refractivity contribution < 1.29 is 38.0 Å². The Hall–Kier alpha value is -3.82. The third-order valence-electron chi connectivity index (χ3n) is 9.64. The molecule has 3 fully saturated rings. The number of hydrogen-bond donors (Lipinski definition) is 0. The number of carbonyl (C=O) groups is 4. The average Bonchev–Trinajstić information content (AvgIpc) is 3.39. The molecule has 7 atom stereocenters. The smallest absolute Gasteiger partial charge is 0.310 e. The van der Waals surface area contributed by atoms with Crippen molar-refractivity contribution in [3.63, 3.8) is 0 Å². The van der Waals surface area contributed by atoms with E-state index in [-0.39, 0.29) is 36.5 Å². The SMILES string of the molecule is COC(=O)[C@@H]1C[C@H](CC(C)=O)C(=O)[C@H]2[C@@]1(C)CC[C@H]1C(=O)O[C@H](c3ccoc3-c3cccc([N+](=O)[O-])c3)C[C@]21C. The van der Waals surface area contributed by atoms with Gasteiger partial charge in [0.05, 0.1) is 30.1 Å². The van der Waals surface area contributed by atoms with E-state index in [9.17, 15) is 29.3 Å². The lowest BCUT2D eigenvalue weighted by Gasteiger charge is -2.61. The van der Waals surface area contributed by atoms with Gasteiger partial charge in [0.25, 0.3) is 5.69 Å². The van der Waals surface area contributed by atoms with Gasteiger partial charge in [-0.15, -0.1) is 0 Å². The normalized spacial score (nSPS) is 33.4. The molecule has 40 heavy (non-hydrogen) atoms. The zero-order chi connectivity index (χ0) is 29.0.